The molecule has 3 atom stereocenters. The molecule has 0 radical (unpaired) electrons. The summed E-state index contributed by atoms with van der Waals surface area (Å²) in [7, 11) is 2.09. The molecule has 0 spiro atoms. The highest BCUT2D eigenvalue weighted by molar-refractivity contribution is 5.20. The molecule has 1 aliphatic heterocycles. The first kappa shape index (κ1) is 16.5. The van der Waals surface area contributed by atoms with Gasteiger partial charge in [-0.15, -0.1) is 0 Å². The largest absolute Gasteiger partial charge is 0.312 e. The first-order valence-corrected chi connectivity index (χ1v) is 8.41. The van der Waals surface area contributed by atoms with Crippen LogP contribution < -0.4 is 5.32 Å². The van der Waals surface area contributed by atoms with Crippen molar-refractivity contribution in [3.05, 3.63) is 35.9 Å². The SMILES string of the molecule is CCC(C(NC)c1ccccc1)N1CCN(CC)C(C)C1. The Kier molecular flexibility index (Phi) is 6.22. The third-order valence-electron chi connectivity index (χ3n) is 4.94. The van der Waals surface area contributed by atoms with Crippen LogP contribution in [0.25, 0.3) is 0 Å². The van der Waals surface area contributed by atoms with Crippen LogP contribution in [-0.2, 0) is 0 Å². The number of nitrogens with zero attached hydrogens (tertiary/aromatic N) is 2. The van der Waals surface area contributed by atoms with Gasteiger partial charge < -0.3 is 5.32 Å². The molecular weight excluding hydrogens is 258 g/mol. The average molecular weight is 289 g/mol. The molecule has 0 bridgehead atoms. The van der Waals surface area contributed by atoms with Gasteiger partial charge in [-0.05, 0) is 32.5 Å². The Labute approximate surface area is 130 Å². The lowest BCUT2D eigenvalue weighted by molar-refractivity contribution is 0.0448. The first-order chi connectivity index (χ1) is 10.2. The van der Waals surface area contributed by atoms with Gasteiger partial charge in [-0.1, -0.05) is 44.2 Å². The van der Waals surface area contributed by atoms with Crippen molar-refractivity contribution >= 4 is 0 Å². The van der Waals surface area contributed by atoms with Crippen molar-refractivity contribution in [2.24, 2.45) is 0 Å². The molecule has 0 amide bonds. The van der Waals surface area contributed by atoms with Crippen molar-refractivity contribution in [3.63, 3.8) is 0 Å². The maximum Gasteiger partial charge on any atom is 0.0475 e. The minimum Gasteiger partial charge on any atom is -0.312 e. The van der Waals surface area contributed by atoms with E-state index in [1.807, 2.05) is 0 Å². The van der Waals surface area contributed by atoms with Crippen LogP contribution in [0.4, 0.5) is 0 Å². The predicted octanol–water partition coefficient (Wildman–Crippen LogP) is 2.75. The number of hydrogen-bond acceptors (Lipinski definition) is 3. The molecule has 1 N–H and O–H groups in total. The second-order valence-electron chi connectivity index (χ2n) is 6.13. The molecule has 21 heavy (non-hydrogen) atoms. The predicted molar refractivity (Wildman–Crippen MR) is 90.6 cm³/mol. The van der Waals surface area contributed by atoms with Gasteiger partial charge in [0.15, 0.2) is 0 Å². The highest BCUT2D eigenvalue weighted by atomic mass is 15.3. The molecule has 3 unspecified atom stereocenters. The van der Waals surface area contributed by atoms with Crippen LogP contribution in [0.3, 0.4) is 0 Å². The molecule has 0 aromatic heterocycles. The molecule has 1 aliphatic rings. The maximum atomic E-state index is 3.55. The molecule has 3 heteroatoms. The smallest absolute Gasteiger partial charge is 0.0475 e. The molecular formula is C18H31N3. The van der Waals surface area contributed by atoms with Crippen LogP contribution in [0.2, 0.25) is 0 Å². The Hall–Kier alpha value is -0.900. The summed E-state index contributed by atoms with van der Waals surface area (Å²) in [6.07, 6.45) is 1.18. The van der Waals surface area contributed by atoms with Crippen LogP contribution >= 0.6 is 0 Å². The number of nitrogens with one attached hydrogen (secondary N) is 1. The molecule has 118 valence electrons. The fourth-order valence-electron chi connectivity index (χ4n) is 3.74. The summed E-state index contributed by atoms with van der Waals surface area (Å²) in [5.74, 6) is 0. The van der Waals surface area contributed by atoms with E-state index in [-0.39, 0.29) is 0 Å². The van der Waals surface area contributed by atoms with Gasteiger partial charge in [0.2, 0.25) is 0 Å². The number of benzene rings is 1. The number of likely N-dealkylation sites (N-methyl/N-ethyl adjacent to an activating group) is 2. The van der Waals surface area contributed by atoms with Gasteiger partial charge in [0, 0.05) is 37.8 Å². The standard InChI is InChI=1S/C18H31N3/c1-5-17(18(19-4)16-10-8-7-9-11-16)21-13-12-20(6-2)15(3)14-21/h7-11,15,17-19H,5-6,12-14H2,1-4H3. The average Bonchev–Trinajstić information content (AvgIpc) is 2.53. The zero-order valence-electron chi connectivity index (χ0n) is 14.0. The van der Waals surface area contributed by atoms with Gasteiger partial charge in [0.05, 0.1) is 0 Å². The molecule has 2 rings (SSSR count). The summed E-state index contributed by atoms with van der Waals surface area (Å²) in [6, 6.07) is 12.5. The van der Waals surface area contributed by atoms with E-state index in [9.17, 15) is 0 Å². The molecule has 0 aliphatic carbocycles. The monoisotopic (exact) mass is 289 g/mol. The van der Waals surface area contributed by atoms with Gasteiger partial charge >= 0.3 is 0 Å². The second-order valence-corrected chi connectivity index (χ2v) is 6.13. The molecule has 3 nitrogen and oxygen atoms in total. The Morgan fingerprint density at radius 2 is 1.90 bits per heavy atom. The molecule has 1 heterocycles. The lowest BCUT2D eigenvalue weighted by Crippen LogP contribution is -2.56. The topological polar surface area (TPSA) is 18.5 Å². The third kappa shape index (κ3) is 3.85. The fraction of sp³-hybridized carbons (Fsp3) is 0.667. The first-order valence-electron chi connectivity index (χ1n) is 8.41. The minimum atomic E-state index is 0.413. The summed E-state index contributed by atoms with van der Waals surface area (Å²) in [5, 5.41) is 3.55. The maximum absolute atomic E-state index is 3.55. The van der Waals surface area contributed by atoms with E-state index in [0.29, 0.717) is 18.1 Å². The number of piperazine rings is 1. The number of rotatable bonds is 6. The lowest BCUT2D eigenvalue weighted by Gasteiger charge is -2.45. The van der Waals surface area contributed by atoms with Crippen molar-refractivity contribution in [2.75, 3.05) is 33.2 Å². The van der Waals surface area contributed by atoms with Gasteiger partial charge in [0.1, 0.15) is 0 Å². The highest BCUT2D eigenvalue weighted by Gasteiger charge is 2.31. The Morgan fingerprint density at radius 3 is 2.43 bits per heavy atom. The summed E-state index contributed by atoms with van der Waals surface area (Å²) in [6.45, 7) is 11.7. The normalized spacial score (nSPS) is 23.9. The van der Waals surface area contributed by atoms with E-state index in [4.69, 9.17) is 0 Å². The van der Waals surface area contributed by atoms with E-state index in [0.717, 1.165) is 0 Å². The van der Waals surface area contributed by atoms with Crippen LogP contribution in [0.1, 0.15) is 38.8 Å². The van der Waals surface area contributed by atoms with Crippen LogP contribution in [-0.4, -0.2) is 55.1 Å². The van der Waals surface area contributed by atoms with E-state index >= 15 is 0 Å². The molecule has 1 fully saturated rings. The summed E-state index contributed by atoms with van der Waals surface area (Å²) in [5.41, 5.74) is 1.40. The summed E-state index contributed by atoms with van der Waals surface area (Å²) < 4.78 is 0. The molecule has 1 aromatic carbocycles. The van der Waals surface area contributed by atoms with Crippen molar-refractivity contribution < 1.29 is 0 Å². The molecule has 1 saturated heterocycles. The fourth-order valence-corrected chi connectivity index (χ4v) is 3.74. The van der Waals surface area contributed by atoms with Gasteiger partial charge in [-0.25, -0.2) is 0 Å². The van der Waals surface area contributed by atoms with Crippen molar-refractivity contribution in [2.45, 2.75) is 45.3 Å². The lowest BCUT2D eigenvalue weighted by atomic mass is 9.95. The molecule has 0 saturated carbocycles. The quantitative estimate of drug-likeness (QED) is 0.869. The van der Waals surface area contributed by atoms with Crippen LogP contribution in [0.5, 0.6) is 0 Å². The Morgan fingerprint density at radius 1 is 1.19 bits per heavy atom. The minimum absolute atomic E-state index is 0.413. The number of hydrogen-bond donors (Lipinski definition) is 1. The highest BCUT2D eigenvalue weighted by Crippen LogP contribution is 2.25. The van der Waals surface area contributed by atoms with Crippen molar-refractivity contribution in [1.82, 2.24) is 15.1 Å². The second kappa shape index (κ2) is 7.92. The van der Waals surface area contributed by atoms with Crippen LogP contribution in [0, 0.1) is 0 Å². The summed E-state index contributed by atoms with van der Waals surface area (Å²) in [4.78, 5) is 5.27. The zero-order chi connectivity index (χ0) is 15.2. The zero-order valence-corrected chi connectivity index (χ0v) is 14.0. The van der Waals surface area contributed by atoms with E-state index in [2.05, 4.69) is 73.3 Å². The van der Waals surface area contributed by atoms with Crippen LogP contribution in [0.15, 0.2) is 30.3 Å². The molecule has 1 aromatic rings. The summed E-state index contributed by atoms with van der Waals surface area (Å²) >= 11 is 0. The Bertz CT molecular complexity index is 406. The third-order valence-corrected chi connectivity index (χ3v) is 4.94. The van der Waals surface area contributed by atoms with E-state index < -0.39 is 0 Å². The van der Waals surface area contributed by atoms with Gasteiger partial charge in [0.25, 0.3) is 0 Å². The Balaban J connectivity index is 2.11. The van der Waals surface area contributed by atoms with E-state index in [1.165, 1.54) is 38.2 Å². The van der Waals surface area contributed by atoms with Gasteiger partial charge in [-0.2, -0.15) is 0 Å². The van der Waals surface area contributed by atoms with Gasteiger partial charge in [-0.3, -0.25) is 9.80 Å². The van der Waals surface area contributed by atoms with Crippen molar-refractivity contribution in [1.29, 1.82) is 0 Å². The van der Waals surface area contributed by atoms with E-state index in [1.54, 1.807) is 0 Å². The van der Waals surface area contributed by atoms with Crippen molar-refractivity contribution in [3.8, 4) is 0 Å².